The number of anilines is 1. The SMILES string of the molecule is Cc1cc(C(=O)Nc2ccc(C(C)(C)C(=O)O)cc2)c2c(C)noc2n1. The number of amides is 1. The van der Waals surface area contributed by atoms with Gasteiger partial charge in [0.15, 0.2) is 0 Å². The molecule has 0 aliphatic rings. The van der Waals surface area contributed by atoms with Crippen molar-refractivity contribution in [1.29, 1.82) is 0 Å². The third-order valence-corrected chi connectivity index (χ3v) is 4.39. The molecule has 0 radical (unpaired) electrons. The molecule has 0 unspecified atom stereocenters. The van der Waals surface area contributed by atoms with Gasteiger partial charge in [-0.05, 0) is 51.5 Å². The standard InChI is InChI=1S/C19H19N3O4/c1-10-9-14(15-11(2)22-26-17(15)20-10)16(23)21-13-7-5-12(6-8-13)19(3,4)18(24)25/h5-9H,1-4H3,(H,21,23)(H,24,25). The molecule has 0 aliphatic carbocycles. The molecule has 1 amide bonds. The van der Waals surface area contributed by atoms with E-state index in [1.807, 2.05) is 0 Å². The monoisotopic (exact) mass is 353 g/mol. The van der Waals surface area contributed by atoms with Crippen LogP contribution in [-0.2, 0) is 10.2 Å². The second-order valence-corrected chi connectivity index (χ2v) is 6.72. The third-order valence-electron chi connectivity index (χ3n) is 4.39. The predicted octanol–water partition coefficient (Wildman–Crippen LogP) is 3.45. The molecule has 2 heterocycles. The van der Waals surface area contributed by atoms with Gasteiger partial charge in [-0.25, -0.2) is 4.98 Å². The molecular formula is C19H19N3O4. The molecule has 0 spiro atoms. The fourth-order valence-corrected chi connectivity index (χ4v) is 2.69. The van der Waals surface area contributed by atoms with Crippen molar-refractivity contribution in [3.05, 3.63) is 52.8 Å². The minimum absolute atomic E-state index is 0.308. The van der Waals surface area contributed by atoms with Crippen LogP contribution in [0.4, 0.5) is 5.69 Å². The summed E-state index contributed by atoms with van der Waals surface area (Å²) in [5.74, 6) is -1.22. The molecule has 2 N–H and O–H groups in total. The van der Waals surface area contributed by atoms with Crippen molar-refractivity contribution in [2.75, 3.05) is 5.32 Å². The molecule has 0 saturated heterocycles. The van der Waals surface area contributed by atoms with Crippen LogP contribution in [0.1, 0.15) is 41.2 Å². The highest BCUT2D eigenvalue weighted by molar-refractivity contribution is 6.12. The van der Waals surface area contributed by atoms with E-state index in [2.05, 4.69) is 15.5 Å². The lowest BCUT2D eigenvalue weighted by Crippen LogP contribution is -2.28. The lowest BCUT2D eigenvalue weighted by molar-refractivity contribution is -0.142. The van der Waals surface area contributed by atoms with E-state index in [4.69, 9.17) is 4.52 Å². The number of nitrogens with one attached hydrogen (secondary N) is 1. The van der Waals surface area contributed by atoms with E-state index in [9.17, 15) is 14.7 Å². The lowest BCUT2D eigenvalue weighted by Gasteiger charge is -2.20. The molecule has 7 heteroatoms. The summed E-state index contributed by atoms with van der Waals surface area (Å²) >= 11 is 0. The average molecular weight is 353 g/mol. The Hall–Kier alpha value is -3.22. The summed E-state index contributed by atoms with van der Waals surface area (Å²) in [6.45, 7) is 6.79. The molecule has 2 aromatic heterocycles. The van der Waals surface area contributed by atoms with Crippen molar-refractivity contribution >= 4 is 28.7 Å². The van der Waals surface area contributed by atoms with Gasteiger partial charge in [-0.2, -0.15) is 0 Å². The number of aryl methyl sites for hydroxylation is 2. The van der Waals surface area contributed by atoms with Crippen LogP contribution in [0.15, 0.2) is 34.9 Å². The van der Waals surface area contributed by atoms with E-state index < -0.39 is 11.4 Å². The quantitative estimate of drug-likeness (QED) is 0.744. The minimum atomic E-state index is -1.00. The summed E-state index contributed by atoms with van der Waals surface area (Å²) in [6.07, 6.45) is 0. The molecule has 1 aromatic carbocycles. The first-order valence-corrected chi connectivity index (χ1v) is 8.09. The molecule has 0 aliphatic heterocycles. The van der Waals surface area contributed by atoms with Crippen LogP contribution in [0, 0.1) is 13.8 Å². The topological polar surface area (TPSA) is 105 Å². The summed E-state index contributed by atoms with van der Waals surface area (Å²) < 4.78 is 5.15. The van der Waals surface area contributed by atoms with Gasteiger partial charge >= 0.3 is 5.97 Å². The van der Waals surface area contributed by atoms with Crippen LogP contribution in [0.3, 0.4) is 0 Å². The van der Waals surface area contributed by atoms with Gasteiger partial charge < -0.3 is 14.9 Å². The maximum Gasteiger partial charge on any atom is 0.313 e. The highest BCUT2D eigenvalue weighted by Gasteiger charge is 2.29. The van der Waals surface area contributed by atoms with E-state index in [1.165, 1.54) is 0 Å². The maximum atomic E-state index is 12.7. The number of nitrogens with zero attached hydrogens (tertiary/aromatic N) is 2. The van der Waals surface area contributed by atoms with Crippen LogP contribution in [0.5, 0.6) is 0 Å². The molecule has 134 valence electrons. The van der Waals surface area contributed by atoms with Gasteiger partial charge in [0, 0.05) is 11.4 Å². The summed E-state index contributed by atoms with van der Waals surface area (Å²) in [5, 5.41) is 16.6. The van der Waals surface area contributed by atoms with Crippen molar-refractivity contribution in [2.45, 2.75) is 33.1 Å². The molecule has 0 bridgehead atoms. The number of rotatable bonds is 4. The molecule has 0 saturated carbocycles. The number of carbonyl (C=O) groups excluding carboxylic acids is 1. The van der Waals surface area contributed by atoms with E-state index >= 15 is 0 Å². The molecule has 26 heavy (non-hydrogen) atoms. The minimum Gasteiger partial charge on any atom is -0.481 e. The van der Waals surface area contributed by atoms with Crippen LogP contribution < -0.4 is 5.32 Å². The lowest BCUT2D eigenvalue weighted by atomic mass is 9.85. The van der Waals surface area contributed by atoms with E-state index in [1.54, 1.807) is 58.0 Å². The van der Waals surface area contributed by atoms with Crippen molar-refractivity contribution in [3.8, 4) is 0 Å². The fraction of sp³-hybridized carbons (Fsp3) is 0.263. The average Bonchev–Trinajstić information content (AvgIpc) is 2.95. The van der Waals surface area contributed by atoms with Gasteiger partial charge in [-0.1, -0.05) is 17.3 Å². The number of hydrogen-bond donors (Lipinski definition) is 2. The molecule has 0 fully saturated rings. The maximum absolute atomic E-state index is 12.7. The Labute approximate surface area is 150 Å². The first-order valence-electron chi connectivity index (χ1n) is 8.09. The van der Waals surface area contributed by atoms with Gasteiger partial charge in [0.1, 0.15) is 0 Å². The zero-order valence-corrected chi connectivity index (χ0v) is 15.0. The second-order valence-electron chi connectivity index (χ2n) is 6.72. The Morgan fingerprint density at radius 2 is 1.81 bits per heavy atom. The second kappa shape index (κ2) is 6.25. The number of benzene rings is 1. The largest absolute Gasteiger partial charge is 0.481 e. The smallest absolute Gasteiger partial charge is 0.313 e. The fourth-order valence-electron chi connectivity index (χ4n) is 2.69. The third kappa shape index (κ3) is 3.03. The van der Waals surface area contributed by atoms with Gasteiger partial charge in [0.25, 0.3) is 11.6 Å². The van der Waals surface area contributed by atoms with Gasteiger partial charge in [0.2, 0.25) is 0 Å². The van der Waals surface area contributed by atoms with Crippen molar-refractivity contribution < 1.29 is 19.2 Å². The van der Waals surface area contributed by atoms with E-state index in [0.29, 0.717) is 39.3 Å². The Morgan fingerprint density at radius 1 is 1.15 bits per heavy atom. The zero-order valence-electron chi connectivity index (χ0n) is 15.0. The molecule has 7 nitrogen and oxygen atoms in total. The van der Waals surface area contributed by atoms with Crippen molar-refractivity contribution in [2.24, 2.45) is 0 Å². The van der Waals surface area contributed by atoms with Crippen molar-refractivity contribution in [1.82, 2.24) is 10.1 Å². The van der Waals surface area contributed by atoms with Crippen molar-refractivity contribution in [3.63, 3.8) is 0 Å². The number of fused-ring (bicyclic) bond motifs is 1. The summed E-state index contributed by atoms with van der Waals surface area (Å²) in [4.78, 5) is 28.3. The van der Waals surface area contributed by atoms with E-state index in [0.717, 1.165) is 0 Å². The molecule has 3 aromatic rings. The summed E-state index contributed by atoms with van der Waals surface area (Å²) in [7, 11) is 0. The number of pyridine rings is 1. The molecule has 0 atom stereocenters. The Morgan fingerprint density at radius 3 is 2.42 bits per heavy atom. The Balaban J connectivity index is 1.90. The summed E-state index contributed by atoms with van der Waals surface area (Å²) in [5.41, 5.74) is 2.22. The number of carboxylic acid groups (broad SMARTS) is 1. The number of carbonyl (C=O) groups is 2. The van der Waals surface area contributed by atoms with Crippen LogP contribution in [0.25, 0.3) is 11.1 Å². The van der Waals surface area contributed by atoms with Crippen LogP contribution in [0.2, 0.25) is 0 Å². The van der Waals surface area contributed by atoms with Gasteiger partial charge in [0.05, 0.1) is 22.1 Å². The zero-order chi connectivity index (χ0) is 19.1. The Kier molecular flexibility index (Phi) is 4.23. The number of carboxylic acids is 1. The highest BCUT2D eigenvalue weighted by Crippen LogP contribution is 2.26. The summed E-state index contributed by atoms with van der Waals surface area (Å²) in [6, 6.07) is 8.45. The van der Waals surface area contributed by atoms with Gasteiger partial charge in [-0.15, -0.1) is 0 Å². The highest BCUT2D eigenvalue weighted by atomic mass is 16.5. The Bertz CT molecular complexity index is 1000. The number of hydrogen-bond acceptors (Lipinski definition) is 5. The molecular weight excluding hydrogens is 334 g/mol. The number of aromatic nitrogens is 2. The number of aliphatic carboxylic acids is 1. The normalized spacial score (nSPS) is 11.5. The van der Waals surface area contributed by atoms with Gasteiger partial charge in [-0.3, -0.25) is 9.59 Å². The first kappa shape index (κ1) is 17.6. The van der Waals surface area contributed by atoms with E-state index in [-0.39, 0.29) is 5.91 Å². The predicted molar refractivity (Wildman–Crippen MR) is 96.3 cm³/mol. The first-order chi connectivity index (χ1) is 12.2. The van der Waals surface area contributed by atoms with Crippen LogP contribution >= 0.6 is 0 Å². The van der Waals surface area contributed by atoms with Crippen LogP contribution in [-0.4, -0.2) is 27.1 Å². The molecule has 3 rings (SSSR count).